The molecule has 13 nitrogen and oxygen atoms in total. The SMILES string of the molecule is CCC1C(=O)OCC(NC(=O)c2nccc(C)c2OC(=O)c2c(-c3c(Cl)cccc3Cl)noc2C)C(=O)OC(C)C1OC(=O)C(C)C. The standard InChI is InChI=1S/C32H33Cl2N3O10/c1-7-18-27(46-29(39)14(2)3)17(6)44-31(41)21(13-43-30(18)40)36-28(38)25-26(15(4)11-12-35-25)45-32(42)22-16(5)47-37-24(22)23-19(33)9-8-10-20(23)34/h8-12,14,17-18,21,27H,7,13H2,1-6H3,(H,36,38). The summed E-state index contributed by atoms with van der Waals surface area (Å²) >= 11 is 12.7. The summed E-state index contributed by atoms with van der Waals surface area (Å²) in [5.74, 6) is -5.69. The van der Waals surface area contributed by atoms with Crippen molar-refractivity contribution in [1.29, 1.82) is 0 Å². The lowest BCUT2D eigenvalue weighted by molar-refractivity contribution is -0.176. The van der Waals surface area contributed by atoms with Crippen molar-refractivity contribution in [2.24, 2.45) is 11.8 Å². The number of hydrogen-bond acceptors (Lipinski definition) is 12. The van der Waals surface area contributed by atoms with Crippen LogP contribution >= 0.6 is 23.2 Å². The topological polar surface area (TPSA) is 173 Å². The number of hydrogen-bond donors (Lipinski definition) is 1. The van der Waals surface area contributed by atoms with Crippen LogP contribution in [-0.2, 0) is 28.6 Å². The third-order valence-electron chi connectivity index (χ3n) is 7.39. The Morgan fingerprint density at radius 1 is 1.09 bits per heavy atom. The number of aryl methyl sites for hydroxylation is 2. The van der Waals surface area contributed by atoms with Gasteiger partial charge in [0, 0.05) is 11.8 Å². The number of nitrogens with one attached hydrogen (secondary N) is 1. The summed E-state index contributed by atoms with van der Waals surface area (Å²) in [6.07, 6.45) is -0.631. The summed E-state index contributed by atoms with van der Waals surface area (Å²) in [4.78, 5) is 69.8. The van der Waals surface area contributed by atoms with Gasteiger partial charge in [0.05, 0.1) is 21.9 Å². The van der Waals surface area contributed by atoms with E-state index in [2.05, 4.69) is 15.5 Å². The van der Waals surface area contributed by atoms with Gasteiger partial charge >= 0.3 is 23.9 Å². The molecule has 0 bridgehead atoms. The van der Waals surface area contributed by atoms with Crippen molar-refractivity contribution in [3.63, 3.8) is 0 Å². The second-order valence-corrected chi connectivity index (χ2v) is 11.9. The summed E-state index contributed by atoms with van der Waals surface area (Å²) in [6, 6.07) is 4.78. The number of cyclic esters (lactones) is 2. The molecule has 47 heavy (non-hydrogen) atoms. The largest absolute Gasteiger partial charge is 0.463 e. The van der Waals surface area contributed by atoms with Gasteiger partial charge in [0.2, 0.25) is 0 Å². The Labute approximate surface area is 280 Å². The highest BCUT2D eigenvalue weighted by Gasteiger charge is 2.41. The lowest BCUT2D eigenvalue weighted by atomic mass is 9.95. The van der Waals surface area contributed by atoms with E-state index < -0.39 is 66.5 Å². The lowest BCUT2D eigenvalue weighted by Crippen LogP contribution is -2.47. The molecular weight excluding hydrogens is 657 g/mol. The van der Waals surface area contributed by atoms with Gasteiger partial charge in [-0.1, -0.05) is 55.2 Å². The number of ether oxygens (including phenoxy) is 4. The lowest BCUT2D eigenvalue weighted by Gasteiger charge is -2.29. The zero-order valence-corrected chi connectivity index (χ0v) is 27.9. The first kappa shape index (κ1) is 35.4. The van der Waals surface area contributed by atoms with Gasteiger partial charge < -0.3 is 28.8 Å². The third-order valence-corrected chi connectivity index (χ3v) is 8.02. The van der Waals surface area contributed by atoms with Crippen LogP contribution in [0, 0.1) is 25.7 Å². The Kier molecular flexibility index (Phi) is 11.2. The maximum absolute atomic E-state index is 13.5. The fourth-order valence-corrected chi connectivity index (χ4v) is 5.37. The number of carbonyl (C=O) groups is 5. The zero-order chi connectivity index (χ0) is 34.6. The van der Waals surface area contributed by atoms with Crippen molar-refractivity contribution in [2.45, 2.75) is 66.2 Å². The van der Waals surface area contributed by atoms with E-state index in [4.69, 9.17) is 46.7 Å². The number of nitrogens with zero attached hydrogens (tertiary/aromatic N) is 2. The molecule has 4 unspecified atom stereocenters. The Morgan fingerprint density at radius 3 is 2.40 bits per heavy atom. The first-order valence-electron chi connectivity index (χ1n) is 14.7. The maximum atomic E-state index is 13.5. The van der Waals surface area contributed by atoms with Gasteiger partial charge in [-0.3, -0.25) is 14.4 Å². The molecule has 1 amide bonds. The Balaban J connectivity index is 1.60. The molecule has 2 aromatic heterocycles. The maximum Gasteiger partial charge on any atom is 0.349 e. The van der Waals surface area contributed by atoms with Crippen molar-refractivity contribution in [3.05, 3.63) is 63.1 Å². The van der Waals surface area contributed by atoms with Gasteiger partial charge in [0.25, 0.3) is 5.91 Å². The van der Waals surface area contributed by atoms with Crippen LogP contribution in [0.25, 0.3) is 11.3 Å². The molecule has 1 saturated heterocycles. The molecule has 4 rings (SSSR count). The molecule has 1 fully saturated rings. The molecule has 250 valence electrons. The predicted octanol–water partition coefficient (Wildman–Crippen LogP) is 5.06. The summed E-state index contributed by atoms with van der Waals surface area (Å²) in [5, 5.41) is 6.83. The van der Waals surface area contributed by atoms with Gasteiger partial charge in [-0.25, -0.2) is 14.6 Å². The van der Waals surface area contributed by atoms with Crippen LogP contribution in [0.5, 0.6) is 5.75 Å². The monoisotopic (exact) mass is 689 g/mol. The summed E-state index contributed by atoms with van der Waals surface area (Å²) < 4.78 is 27.4. The highest BCUT2D eigenvalue weighted by atomic mass is 35.5. The van der Waals surface area contributed by atoms with Gasteiger partial charge in [-0.15, -0.1) is 0 Å². The minimum Gasteiger partial charge on any atom is -0.463 e. The minimum atomic E-state index is -1.48. The molecule has 0 aliphatic carbocycles. The molecule has 3 heterocycles. The van der Waals surface area contributed by atoms with Crippen molar-refractivity contribution in [1.82, 2.24) is 15.5 Å². The number of esters is 4. The molecule has 15 heteroatoms. The van der Waals surface area contributed by atoms with Crippen LogP contribution in [-0.4, -0.2) is 64.8 Å². The number of pyridine rings is 1. The molecule has 1 aliphatic heterocycles. The number of rotatable bonds is 8. The van der Waals surface area contributed by atoms with E-state index in [-0.39, 0.29) is 50.5 Å². The third kappa shape index (κ3) is 7.74. The Morgan fingerprint density at radius 2 is 1.77 bits per heavy atom. The molecule has 3 aromatic rings. The van der Waals surface area contributed by atoms with Crippen LogP contribution in [0.3, 0.4) is 0 Å². The summed E-state index contributed by atoms with van der Waals surface area (Å²) in [5.41, 5.74) is 0.181. The number of carbonyl (C=O) groups excluding carboxylic acids is 5. The van der Waals surface area contributed by atoms with Gasteiger partial charge in [-0.05, 0) is 51.0 Å². The van der Waals surface area contributed by atoms with Crippen molar-refractivity contribution in [2.75, 3.05) is 6.61 Å². The van der Waals surface area contributed by atoms with Crippen LogP contribution in [0.1, 0.15) is 66.3 Å². The predicted molar refractivity (Wildman–Crippen MR) is 167 cm³/mol. The molecule has 1 aromatic carbocycles. The summed E-state index contributed by atoms with van der Waals surface area (Å²) in [7, 11) is 0. The van der Waals surface area contributed by atoms with E-state index >= 15 is 0 Å². The number of aromatic nitrogens is 2. The van der Waals surface area contributed by atoms with Gasteiger partial charge in [0.15, 0.2) is 23.6 Å². The quantitative estimate of drug-likeness (QED) is 0.246. The molecule has 0 spiro atoms. The first-order chi connectivity index (χ1) is 22.2. The van der Waals surface area contributed by atoms with E-state index in [0.717, 1.165) is 0 Å². The van der Waals surface area contributed by atoms with Gasteiger partial charge in [-0.2, -0.15) is 0 Å². The zero-order valence-electron chi connectivity index (χ0n) is 26.4. The molecule has 1 N–H and O–H groups in total. The van der Waals surface area contributed by atoms with Gasteiger partial charge in [0.1, 0.15) is 29.7 Å². The molecule has 4 atom stereocenters. The average Bonchev–Trinajstić information content (AvgIpc) is 3.40. The Hall–Kier alpha value is -4.49. The molecular formula is C32H33Cl2N3O10. The number of halogens is 2. The van der Waals surface area contributed by atoms with Crippen LogP contribution in [0.4, 0.5) is 0 Å². The smallest absolute Gasteiger partial charge is 0.349 e. The van der Waals surface area contributed by atoms with Crippen molar-refractivity contribution >= 4 is 53.0 Å². The second kappa shape index (κ2) is 14.9. The fourth-order valence-electron chi connectivity index (χ4n) is 4.79. The molecule has 0 radical (unpaired) electrons. The van der Waals surface area contributed by atoms with Crippen molar-refractivity contribution in [3.8, 4) is 17.0 Å². The second-order valence-electron chi connectivity index (χ2n) is 11.1. The van der Waals surface area contributed by atoms with E-state index in [1.807, 2.05) is 0 Å². The number of benzene rings is 1. The van der Waals surface area contributed by atoms with E-state index in [1.165, 1.54) is 26.1 Å². The molecule has 1 aliphatic rings. The first-order valence-corrected chi connectivity index (χ1v) is 15.5. The Bertz CT molecular complexity index is 1690. The van der Waals surface area contributed by atoms with Crippen LogP contribution in [0.15, 0.2) is 35.0 Å². The minimum absolute atomic E-state index is 0.0303. The normalized spacial score (nSPS) is 19.9. The highest BCUT2D eigenvalue weighted by molar-refractivity contribution is 6.39. The fraction of sp³-hybridized carbons (Fsp3) is 0.406. The van der Waals surface area contributed by atoms with E-state index in [1.54, 1.807) is 45.9 Å². The number of amides is 1. The van der Waals surface area contributed by atoms with E-state index in [9.17, 15) is 24.0 Å². The molecule has 0 saturated carbocycles. The highest BCUT2D eigenvalue weighted by Crippen LogP contribution is 2.37. The van der Waals surface area contributed by atoms with Crippen LogP contribution in [0.2, 0.25) is 10.0 Å². The van der Waals surface area contributed by atoms with Crippen molar-refractivity contribution < 1.29 is 47.4 Å². The average molecular weight is 691 g/mol. The van der Waals surface area contributed by atoms with Crippen LogP contribution < -0.4 is 10.1 Å². The summed E-state index contributed by atoms with van der Waals surface area (Å²) in [6.45, 7) is 8.92. The van der Waals surface area contributed by atoms with E-state index in [0.29, 0.717) is 5.56 Å².